The monoisotopic (exact) mass is 275 g/mol. The molecule has 0 nitrogen and oxygen atoms in total. The molecule has 2 aromatic carbocycles. The number of fused-ring (bicyclic) bond motifs is 1. The molecule has 0 radical (unpaired) electrons. The Bertz CT molecular complexity index is 463. The minimum atomic E-state index is 0. The number of rotatable bonds is 1. The molecule has 0 atom stereocenters. The van der Waals surface area contributed by atoms with E-state index in [0.29, 0.717) is 5.92 Å². The molecule has 2 rings (SSSR count). The van der Waals surface area contributed by atoms with Gasteiger partial charge >= 0.3 is 0 Å². The van der Waals surface area contributed by atoms with Crippen LogP contribution in [-0.2, 0) is 26.2 Å². The minimum Gasteiger partial charge on any atom is -0.165 e. The van der Waals surface area contributed by atoms with E-state index in [1.165, 1.54) is 27.5 Å². The summed E-state index contributed by atoms with van der Waals surface area (Å²) in [6, 6.07) is 9.09. The van der Waals surface area contributed by atoms with E-state index < -0.39 is 0 Å². The van der Waals surface area contributed by atoms with Crippen molar-refractivity contribution in [3.8, 4) is 0 Å². The van der Waals surface area contributed by atoms with Crippen molar-refractivity contribution in [2.75, 3.05) is 0 Å². The van der Waals surface area contributed by atoms with Crippen LogP contribution in [0.3, 0.4) is 0 Å². The molecule has 0 spiro atoms. The summed E-state index contributed by atoms with van der Waals surface area (Å²) in [4.78, 5) is 0. The molecule has 1 heteroatoms. The zero-order valence-electron chi connectivity index (χ0n) is 9.89. The second kappa shape index (κ2) is 4.70. The van der Waals surface area contributed by atoms with Gasteiger partial charge < -0.3 is 0 Å². The van der Waals surface area contributed by atoms with E-state index >= 15 is 0 Å². The summed E-state index contributed by atoms with van der Waals surface area (Å²) in [5.74, 6) is 0.611. The van der Waals surface area contributed by atoms with Gasteiger partial charge in [0.05, 0.1) is 0 Å². The first-order valence-electron chi connectivity index (χ1n) is 5.26. The van der Waals surface area contributed by atoms with Gasteiger partial charge in [0, 0.05) is 26.2 Å². The zero-order valence-corrected chi connectivity index (χ0v) is 12.3. The molecule has 78 valence electrons. The van der Waals surface area contributed by atoms with Gasteiger partial charge in [-0.1, -0.05) is 39.3 Å². The van der Waals surface area contributed by atoms with E-state index in [0.717, 1.165) is 0 Å². The Kier molecular flexibility index (Phi) is 4.01. The van der Waals surface area contributed by atoms with E-state index in [4.69, 9.17) is 0 Å². The standard InChI is InChI=1S/C14H17.Zr/c1-9(2)12-6-5-11(4)13-7-10(3)8-14(12)13;/h5-9H,1-4H3;/q-1;. The number of hydrogen-bond donors (Lipinski definition) is 0. The average molecular weight is 277 g/mol. The van der Waals surface area contributed by atoms with E-state index in [2.05, 4.69) is 52.0 Å². The quantitative estimate of drug-likeness (QED) is 0.681. The molecule has 0 amide bonds. The molecule has 0 saturated carbocycles. The molecule has 0 heterocycles. The summed E-state index contributed by atoms with van der Waals surface area (Å²) < 4.78 is 0. The second-order valence-electron chi connectivity index (χ2n) is 4.49. The third-order valence-electron chi connectivity index (χ3n) is 2.90. The van der Waals surface area contributed by atoms with Crippen LogP contribution in [0.2, 0.25) is 0 Å². The average Bonchev–Trinajstić information content (AvgIpc) is 2.47. The summed E-state index contributed by atoms with van der Waals surface area (Å²) in [7, 11) is 0. The molecule has 0 unspecified atom stereocenters. The van der Waals surface area contributed by atoms with Crippen molar-refractivity contribution in [3.05, 3.63) is 41.0 Å². The molecule has 0 aromatic heterocycles. The summed E-state index contributed by atoms with van der Waals surface area (Å²) in [6.07, 6.45) is 0. The van der Waals surface area contributed by atoms with Crippen molar-refractivity contribution in [1.82, 2.24) is 0 Å². The van der Waals surface area contributed by atoms with Crippen LogP contribution in [0.25, 0.3) is 10.8 Å². The molecule has 15 heavy (non-hydrogen) atoms. The minimum absolute atomic E-state index is 0. The van der Waals surface area contributed by atoms with Gasteiger partial charge in [-0.05, 0) is 5.92 Å². The largest absolute Gasteiger partial charge is 0.165 e. The fraction of sp³-hybridized carbons (Fsp3) is 0.357. The Morgan fingerprint density at radius 1 is 1.13 bits per heavy atom. The van der Waals surface area contributed by atoms with E-state index in [1.54, 1.807) is 0 Å². The van der Waals surface area contributed by atoms with Crippen LogP contribution >= 0.6 is 0 Å². The number of aryl methyl sites for hydroxylation is 2. The maximum Gasteiger partial charge on any atom is 0 e. The Morgan fingerprint density at radius 3 is 2.40 bits per heavy atom. The van der Waals surface area contributed by atoms with Crippen LogP contribution in [0.5, 0.6) is 0 Å². The SMILES string of the molecule is Cc1cc2c(C(C)C)ccc(C)c2[cH-]1.[Zr]. The van der Waals surface area contributed by atoms with Crippen molar-refractivity contribution in [2.45, 2.75) is 33.6 Å². The topological polar surface area (TPSA) is 0 Å². The Labute approximate surface area is 111 Å². The first kappa shape index (κ1) is 12.8. The number of hydrogen-bond acceptors (Lipinski definition) is 0. The van der Waals surface area contributed by atoms with Crippen molar-refractivity contribution >= 4 is 10.8 Å². The first-order valence-corrected chi connectivity index (χ1v) is 5.26. The molecule has 2 aromatic rings. The maximum absolute atomic E-state index is 2.30. The van der Waals surface area contributed by atoms with Gasteiger partial charge in [-0.15, -0.1) is 34.0 Å². The van der Waals surface area contributed by atoms with Gasteiger partial charge in [-0.25, -0.2) is 0 Å². The smallest absolute Gasteiger partial charge is 0 e. The molecule has 0 saturated heterocycles. The van der Waals surface area contributed by atoms with Crippen LogP contribution in [-0.4, -0.2) is 0 Å². The molecule has 0 aliphatic carbocycles. The zero-order chi connectivity index (χ0) is 10.3. The van der Waals surface area contributed by atoms with E-state index in [1.807, 2.05) is 0 Å². The van der Waals surface area contributed by atoms with E-state index in [9.17, 15) is 0 Å². The summed E-state index contributed by atoms with van der Waals surface area (Å²) in [5.41, 5.74) is 4.23. The fourth-order valence-corrected chi connectivity index (χ4v) is 2.12. The molecular formula is C14H17Zr-. The van der Waals surface area contributed by atoms with Crippen molar-refractivity contribution in [2.24, 2.45) is 0 Å². The van der Waals surface area contributed by atoms with Crippen LogP contribution in [0.15, 0.2) is 24.3 Å². The van der Waals surface area contributed by atoms with Gasteiger partial charge in [0.2, 0.25) is 0 Å². The van der Waals surface area contributed by atoms with Crippen LogP contribution < -0.4 is 0 Å². The van der Waals surface area contributed by atoms with Crippen LogP contribution in [0.1, 0.15) is 36.5 Å². The van der Waals surface area contributed by atoms with E-state index in [-0.39, 0.29) is 26.2 Å². The summed E-state index contributed by atoms with van der Waals surface area (Å²) >= 11 is 0. The molecule has 0 N–H and O–H groups in total. The number of benzene rings is 1. The van der Waals surface area contributed by atoms with Gasteiger partial charge in [-0.3, -0.25) is 0 Å². The molecule has 0 aliphatic rings. The molecule has 0 aliphatic heterocycles. The van der Waals surface area contributed by atoms with Gasteiger partial charge in [0.1, 0.15) is 0 Å². The predicted octanol–water partition coefficient (Wildman–Crippen LogP) is 4.30. The van der Waals surface area contributed by atoms with Crippen molar-refractivity contribution in [1.29, 1.82) is 0 Å². The van der Waals surface area contributed by atoms with Gasteiger partial charge in [0.15, 0.2) is 0 Å². The first-order chi connectivity index (χ1) is 6.59. The summed E-state index contributed by atoms with van der Waals surface area (Å²) in [6.45, 7) is 8.87. The summed E-state index contributed by atoms with van der Waals surface area (Å²) in [5, 5.41) is 2.87. The Balaban J connectivity index is 0.00000112. The van der Waals surface area contributed by atoms with Crippen LogP contribution in [0, 0.1) is 13.8 Å². The maximum atomic E-state index is 2.30. The molecule has 0 bridgehead atoms. The second-order valence-corrected chi connectivity index (χ2v) is 4.49. The Morgan fingerprint density at radius 2 is 1.80 bits per heavy atom. The fourth-order valence-electron chi connectivity index (χ4n) is 2.12. The predicted molar refractivity (Wildman–Crippen MR) is 63.1 cm³/mol. The van der Waals surface area contributed by atoms with Crippen molar-refractivity contribution < 1.29 is 26.2 Å². The molecule has 0 fully saturated rings. The third-order valence-corrected chi connectivity index (χ3v) is 2.90. The normalized spacial score (nSPS) is 10.7. The van der Waals surface area contributed by atoms with Gasteiger partial charge in [0.25, 0.3) is 0 Å². The molecular weight excluding hydrogens is 259 g/mol. The Hall–Kier alpha value is -0.287. The van der Waals surface area contributed by atoms with Crippen LogP contribution in [0.4, 0.5) is 0 Å². The third kappa shape index (κ3) is 2.28. The van der Waals surface area contributed by atoms with Crippen molar-refractivity contribution in [3.63, 3.8) is 0 Å². The van der Waals surface area contributed by atoms with Gasteiger partial charge in [-0.2, -0.15) is 6.07 Å².